The predicted molar refractivity (Wildman–Crippen MR) is 48.5 cm³/mol. The van der Waals surface area contributed by atoms with Crippen molar-refractivity contribution in [2.24, 2.45) is 0 Å². The van der Waals surface area contributed by atoms with E-state index in [-0.39, 0.29) is 11.3 Å². The predicted octanol–water partition coefficient (Wildman–Crippen LogP) is 2.08. The Balaban J connectivity index is 2.73. The summed E-state index contributed by atoms with van der Waals surface area (Å²) in [4.78, 5) is 21.0. The Labute approximate surface area is 82.9 Å². The first kappa shape index (κ1) is 9.39. The number of aldehydes is 1. The van der Waals surface area contributed by atoms with E-state index in [2.05, 4.69) is 0 Å². The van der Waals surface area contributed by atoms with E-state index in [1.54, 1.807) is 0 Å². The molecule has 0 saturated carbocycles. The summed E-state index contributed by atoms with van der Waals surface area (Å²) in [5, 5.41) is 9.03. The summed E-state index contributed by atoms with van der Waals surface area (Å²) in [5.74, 6) is -2.21. The Kier molecular flexibility index (Phi) is 2.00. The summed E-state index contributed by atoms with van der Waals surface area (Å²) in [6.07, 6.45) is 0.471. The molecular formula is C10H5FO4. The van der Waals surface area contributed by atoms with Crippen LogP contribution in [0.1, 0.15) is 20.9 Å². The van der Waals surface area contributed by atoms with Crippen LogP contribution >= 0.6 is 0 Å². The van der Waals surface area contributed by atoms with Crippen molar-refractivity contribution in [2.75, 3.05) is 0 Å². The normalized spacial score (nSPS) is 10.5. The molecular weight excluding hydrogens is 203 g/mol. The number of carboxylic acids is 1. The summed E-state index contributed by atoms with van der Waals surface area (Å²) in [5.41, 5.74) is -0.291. The molecule has 1 heterocycles. The lowest BCUT2D eigenvalue weighted by Crippen LogP contribution is -1.99. The zero-order valence-corrected chi connectivity index (χ0v) is 7.36. The number of furan rings is 1. The van der Waals surface area contributed by atoms with Crippen molar-refractivity contribution < 1.29 is 23.5 Å². The molecule has 0 unspecified atom stereocenters. The fourth-order valence-corrected chi connectivity index (χ4v) is 1.30. The number of fused-ring (bicyclic) bond motifs is 1. The molecule has 1 aromatic carbocycles. The zero-order chi connectivity index (χ0) is 11.0. The minimum Gasteiger partial charge on any atom is -0.478 e. The molecule has 0 atom stereocenters. The van der Waals surface area contributed by atoms with Crippen LogP contribution in [0.25, 0.3) is 11.0 Å². The van der Waals surface area contributed by atoms with Crippen LogP contribution < -0.4 is 0 Å². The van der Waals surface area contributed by atoms with Gasteiger partial charge in [0, 0.05) is 11.5 Å². The highest BCUT2D eigenvalue weighted by molar-refractivity contribution is 5.94. The van der Waals surface area contributed by atoms with Crippen molar-refractivity contribution in [2.45, 2.75) is 0 Å². The molecule has 1 aromatic heterocycles. The fourth-order valence-electron chi connectivity index (χ4n) is 1.30. The summed E-state index contributed by atoms with van der Waals surface area (Å²) < 4.78 is 18.1. The summed E-state index contributed by atoms with van der Waals surface area (Å²) in [6.45, 7) is 0. The van der Waals surface area contributed by atoms with Gasteiger partial charge in [0.2, 0.25) is 0 Å². The largest absolute Gasteiger partial charge is 0.478 e. The van der Waals surface area contributed by atoms with Crippen LogP contribution in [0.4, 0.5) is 4.39 Å². The van der Waals surface area contributed by atoms with Crippen molar-refractivity contribution >= 4 is 23.2 Å². The van der Waals surface area contributed by atoms with Crippen LogP contribution in [0.2, 0.25) is 0 Å². The lowest BCUT2D eigenvalue weighted by atomic mass is 10.1. The van der Waals surface area contributed by atoms with Gasteiger partial charge in [-0.25, -0.2) is 9.18 Å². The highest BCUT2D eigenvalue weighted by atomic mass is 19.1. The summed E-state index contributed by atoms with van der Waals surface area (Å²) in [7, 11) is 0. The van der Waals surface area contributed by atoms with E-state index >= 15 is 0 Å². The second-order valence-corrected chi connectivity index (χ2v) is 2.94. The molecule has 0 radical (unpaired) electrons. The van der Waals surface area contributed by atoms with E-state index in [9.17, 15) is 14.0 Å². The minimum atomic E-state index is -1.36. The topological polar surface area (TPSA) is 67.5 Å². The number of hydrogen-bond donors (Lipinski definition) is 1. The Morgan fingerprint density at radius 3 is 2.73 bits per heavy atom. The molecule has 0 bridgehead atoms. The molecule has 0 aliphatic carbocycles. The molecule has 4 nitrogen and oxygen atoms in total. The highest BCUT2D eigenvalue weighted by Gasteiger charge is 2.13. The van der Waals surface area contributed by atoms with Crippen LogP contribution in [-0.4, -0.2) is 17.4 Å². The maximum Gasteiger partial charge on any atom is 0.338 e. The molecule has 5 heteroatoms. The average Bonchev–Trinajstić information content (AvgIpc) is 2.58. The van der Waals surface area contributed by atoms with Gasteiger partial charge >= 0.3 is 5.97 Å². The van der Waals surface area contributed by atoms with Crippen LogP contribution in [-0.2, 0) is 0 Å². The van der Waals surface area contributed by atoms with Gasteiger partial charge in [0.15, 0.2) is 12.0 Å². The van der Waals surface area contributed by atoms with Crippen LogP contribution in [0.5, 0.6) is 0 Å². The second-order valence-electron chi connectivity index (χ2n) is 2.94. The van der Waals surface area contributed by atoms with Gasteiger partial charge in [-0.15, -0.1) is 0 Å². The quantitative estimate of drug-likeness (QED) is 0.767. The fraction of sp³-hybridized carbons (Fsp3) is 0. The summed E-state index contributed by atoms with van der Waals surface area (Å²) in [6, 6.07) is 3.43. The summed E-state index contributed by atoms with van der Waals surface area (Å²) >= 11 is 0. The third kappa shape index (κ3) is 1.48. The first-order chi connectivity index (χ1) is 7.11. The lowest BCUT2D eigenvalue weighted by molar-refractivity contribution is 0.0692. The third-order valence-electron chi connectivity index (χ3n) is 1.97. The number of rotatable bonds is 2. The van der Waals surface area contributed by atoms with Gasteiger partial charge in [-0.2, -0.15) is 0 Å². The number of carbonyl (C=O) groups is 2. The van der Waals surface area contributed by atoms with Crippen molar-refractivity contribution in [3.63, 3.8) is 0 Å². The van der Waals surface area contributed by atoms with Gasteiger partial charge in [-0.1, -0.05) is 0 Å². The minimum absolute atomic E-state index is 0.0342. The monoisotopic (exact) mass is 208 g/mol. The number of hydrogen-bond acceptors (Lipinski definition) is 3. The van der Waals surface area contributed by atoms with Crippen LogP contribution in [0.3, 0.4) is 0 Å². The van der Waals surface area contributed by atoms with Crippen molar-refractivity contribution in [1.82, 2.24) is 0 Å². The van der Waals surface area contributed by atoms with E-state index in [0.29, 0.717) is 11.7 Å². The zero-order valence-electron chi connectivity index (χ0n) is 7.36. The SMILES string of the molecule is O=Cc1cc2cc(C(=O)O)c(F)cc2o1. The molecule has 0 fully saturated rings. The van der Waals surface area contributed by atoms with Gasteiger partial charge < -0.3 is 9.52 Å². The molecule has 2 rings (SSSR count). The number of carbonyl (C=O) groups excluding carboxylic acids is 1. The van der Waals surface area contributed by atoms with Crippen LogP contribution in [0, 0.1) is 5.82 Å². The Bertz CT molecular complexity index is 556. The van der Waals surface area contributed by atoms with E-state index in [4.69, 9.17) is 9.52 Å². The molecule has 0 aliphatic rings. The van der Waals surface area contributed by atoms with E-state index in [0.717, 1.165) is 12.1 Å². The van der Waals surface area contributed by atoms with E-state index in [1.165, 1.54) is 6.07 Å². The van der Waals surface area contributed by atoms with Gasteiger partial charge in [0.25, 0.3) is 0 Å². The second kappa shape index (κ2) is 3.20. The first-order valence-electron chi connectivity index (χ1n) is 4.03. The van der Waals surface area contributed by atoms with Crippen molar-refractivity contribution in [1.29, 1.82) is 0 Å². The molecule has 0 spiro atoms. The third-order valence-corrected chi connectivity index (χ3v) is 1.97. The lowest BCUT2D eigenvalue weighted by Gasteiger charge is -1.95. The number of aromatic carboxylic acids is 1. The van der Waals surface area contributed by atoms with Crippen LogP contribution in [0.15, 0.2) is 22.6 Å². The molecule has 1 N–H and O–H groups in total. The maximum atomic E-state index is 13.2. The molecule has 0 aliphatic heterocycles. The Morgan fingerprint density at radius 2 is 2.13 bits per heavy atom. The van der Waals surface area contributed by atoms with Gasteiger partial charge in [-0.05, 0) is 12.1 Å². The Hall–Kier alpha value is -2.17. The standard InChI is InChI=1S/C10H5FO4/c11-8-3-9-5(1-6(4-12)15-9)2-7(8)10(13)14/h1-4H,(H,13,14). The molecule has 0 amide bonds. The van der Waals surface area contributed by atoms with E-state index < -0.39 is 17.3 Å². The molecule has 15 heavy (non-hydrogen) atoms. The maximum absolute atomic E-state index is 13.2. The molecule has 2 aromatic rings. The number of benzene rings is 1. The smallest absolute Gasteiger partial charge is 0.338 e. The molecule has 0 saturated heterocycles. The Morgan fingerprint density at radius 1 is 1.40 bits per heavy atom. The van der Waals surface area contributed by atoms with Crippen molar-refractivity contribution in [3.05, 3.63) is 35.3 Å². The average molecular weight is 208 g/mol. The van der Waals surface area contributed by atoms with Gasteiger partial charge in [-0.3, -0.25) is 4.79 Å². The van der Waals surface area contributed by atoms with E-state index in [1.807, 2.05) is 0 Å². The first-order valence-corrected chi connectivity index (χ1v) is 4.03. The number of carboxylic acid groups (broad SMARTS) is 1. The van der Waals surface area contributed by atoms with Gasteiger partial charge in [0.05, 0.1) is 5.56 Å². The van der Waals surface area contributed by atoms with Gasteiger partial charge in [0.1, 0.15) is 11.4 Å². The highest BCUT2D eigenvalue weighted by Crippen LogP contribution is 2.22. The van der Waals surface area contributed by atoms with Crippen molar-refractivity contribution in [3.8, 4) is 0 Å². The molecule has 76 valence electrons. The number of halogens is 1.